The molecule has 0 amide bonds. The third-order valence-corrected chi connectivity index (χ3v) is 1.96. The maximum absolute atomic E-state index is 13.2. The van der Waals surface area contributed by atoms with Gasteiger partial charge in [0.2, 0.25) is 0 Å². The van der Waals surface area contributed by atoms with Crippen molar-refractivity contribution in [3.63, 3.8) is 0 Å². The van der Waals surface area contributed by atoms with Crippen molar-refractivity contribution >= 4 is 17.2 Å². The standard InChI is InChI=1S/C11H9F2N3/c12-7-4-10(13)11(15-6-7)16-9-3-1-2-8(14)5-9/h1-6H,14H2,(H,15,16). The summed E-state index contributed by atoms with van der Waals surface area (Å²) in [7, 11) is 0. The molecule has 5 heteroatoms. The molecule has 0 radical (unpaired) electrons. The summed E-state index contributed by atoms with van der Waals surface area (Å²) in [6.07, 6.45) is 0.942. The highest BCUT2D eigenvalue weighted by Gasteiger charge is 2.05. The quantitative estimate of drug-likeness (QED) is 0.766. The average molecular weight is 221 g/mol. The van der Waals surface area contributed by atoms with Crippen LogP contribution in [0.25, 0.3) is 0 Å². The van der Waals surface area contributed by atoms with Crippen molar-refractivity contribution in [1.82, 2.24) is 4.98 Å². The van der Waals surface area contributed by atoms with Gasteiger partial charge in [-0.1, -0.05) is 6.07 Å². The van der Waals surface area contributed by atoms with Gasteiger partial charge in [-0.15, -0.1) is 0 Å². The van der Waals surface area contributed by atoms with E-state index in [1.54, 1.807) is 24.3 Å². The van der Waals surface area contributed by atoms with Crippen molar-refractivity contribution in [2.75, 3.05) is 11.1 Å². The molecule has 0 aliphatic carbocycles. The molecule has 0 fully saturated rings. The van der Waals surface area contributed by atoms with E-state index in [4.69, 9.17) is 5.73 Å². The number of nitrogens with zero attached hydrogens (tertiary/aromatic N) is 1. The summed E-state index contributed by atoms with van der Waals surface area (Å²) in [5, 5.41) is 2.71. The Balaban J connectivity index is 2.27. The molecule has 1 aromatic heterocycles. The van der Waals surface area contributed by atoms with E-state index in [2.05, 4.69) is 10.3 Å². The van der Waals surface area contributed by atoms with E-state index in [-0.39, 0.29) is 5.82 Å². The summed E-state index contributed by atoms with van der Waals surface area (Å²) in [4.78, 5) is 3.60. The van der Waals surface area contributed by atoms with Gasteiger partial charge in [0.15, 0.2) is 11.6 Å². The lowest BCUT2D eigenvalue weighted by Gasteiger charge is -2.06. The van der Waals surface area contributed by atoms with Crippen LogP contribution in [0.3, 0.4) is 0 Å². The van der Waals surface area contributed by atoms with Crippen molar-refractivity contribution in [1.29, 1.82) is 0 Å². The van der Waals surface area contributed by atoms with Gasteiger partial charge in [-0.25, -0.2) is 13.8 Å². The van der Waals surface area contributed by atoms with E-state index in [9.17, 15) is 8.78 Å². The fourth-order valence-electron chi connectivity index (χ4n) is 1.26. The first kappa shape index (κ1) is 10.4. The second kappa shape index (κ2) is 4.14. The molecule has 0 bridgehead atoms. The van der Waals surface area contributed by atoms with E-state index >= 15 is 0 Å². The molecule has 0 saturated heterocycles. The molecule has 0 spiro atoms. The number of halogens is 2. The molecular formula is C11H9F2N3. The van der Waals surface area contributed by atoms with Gasteiger partial charge in [-0.05, 0) is 18.2 Å². The Bertz CT molecular complexity index is 514. The van der Waals surface area contributed by atoms with E-state index in [1.165, 1.54) is 0 Å². The first-order chi connectivity index (χ1) is 7.65. The minimum Gasteiger partial charge on any atom is -0.399 e. The molecule has 0 aliphatic rings. The average Bonchev–Trinajstić information content (AvgIpc) is 2.22. The Kier molecular flexibility index (Phi) is 2.68. The number of hydrogen-bond donors (Lipinski definition) is 2. The van der Waals surface area contributed by atoms with Gasteiger partial charge in [-0.3, -0.25) is 0 Å². The maximum Gasteiger partial charge on any atom is 0.168 e. The fourth-order valence-corrected chi connectivity index (χ4v) is 1.26. The predicted molar refractivity (Wildman–Crippen MR) is 58.3 cm³/mol. The molecule has 2 aromatic rings. The van der Waals surface area contributed by atoms with Crippen LogP contribution in [0.2, 0.25) is 0 Å². The molecule has 0 unspecified atom stereocenters. The van der Waals surface area contributed by atoms with Crippen molar-refractivity contribution in [2.24, 2.45) is 0 Å². The second-order valence-corrected chi connectivity index (χ2v) is 3.23. The number of aromatic nitrogens is 1. The molecule has 16 heavy (non-hydrogen) atoms. The number of nitrogens with two attached hydrogens (primary N) is 1. The van der Waals surface area contributed by atoms with E-state index in [1.807, 2.05) is 0 Å². The van der Waals surface area contributed by atoms with Crippen LogP contribution in [0.5, 0.6) is 0 Å². The first-order valence-corrected chi connectivity index (χ1v) is 4.59. The van der Waals surface area contributed by atoms with Gasteiger partial charge < -0.3 is 11.1 Å². The second-order valence-electron chi connectivity index (χ2n) is 3.23. The molecular weight excluding hydrogens is 212 g/mol. The fraction of sp³-hybridized carbons (Fsp3) is 0. The number of rotatable bonds is 2. The minimum atomic E-state index is -0.748. The van der Waals surface area contributed by atoms with E-state index in [0.717, 1.165) is 12.3 Å². The highest BCUT2D eigenvalue weighted by Crippen LogP contribution is 2.19. The predicted octanol–water partition coefficient (Wildman–Crippen LogP) is 2.69. The summed E-state index contributed by atoms with van der Waals surface area (Å²) in [5.74, 6) is -1.50. The zero-order chi connectivity index (χ0) is 11.5. The summed E-state index contributed by atoms with van der Waals surface area (Å²) in [6, 6.07) is 7.53. The SMILES string of the molecule is Nc1cccc(Nc2ncc(F)cc2F)c1. The molecule has 0 saturated carbocycles. The number of benzene rings is 1. The van der Waals surface area contributed by atoms with E-state index in [0.29, 0.717) is 11.4 Å². The monoisotopic (exact) mass is 221 g/mol. The third kappa shape index (κ3) is 2.25. The largest absolute Gasteiger partial charge is 0.399 e. The topological polar surface area (TPSA) is 50.9 Å². The number of pyridine rings is 1. The smallest absolute Gasteiger partial charge is 0.168 e. The summed E-state index contributed by atoms with van der Waals surface area (Å²) < 4.78 is 25.8. The summed E-state index contributed by atoms with van der Waals surface area (Å²) in [6.45, 7) is 0. The molecule has 1 heterocycles. The number of nitrogens with one attached hydrogen (secondary N) is 1. The van der Waals surface area contributed by atoms with Crippen LogP contribution < -0.4 is 11.1 Å². The van der Waals surface area contributed by atoms with Gasteiger partial charge >= 0.3 is 0 Å². The molecule has 3 nitrogen and oxygen atoms in total. The van der Waals surface area contributed by atoms with Gasteiger partial charge in [0.25, 0.3) is 0 Å². The Morgan fingerprint density at radius 3 is 2.69 bits per heavy atom. The highest BCUT2D eigenvalue weighted by atomic mass is 19.1. The van der Waals surface area contributed by atoms with Gasteiger partial charge in [-0.2, -0.15) is 0 Å². The van der Waals surface area contributed by atoms with Crippen LogP contribution in [-0.2, 0) is 0 Å². The van der Waals surface area contributed by atoms with Crippen LogP contribution in [-0.4, -0.2) is 4.98 Å². The lowest BCUT2D eigenvalue weighted by molar-refractivity contribution is 0.576. The maximum atomic E-state index is 13.2. The van der Waals surface area contributed by atoms with Crippen molar-refractivity contribution in [3.05, 3.63) is 48.2 Å². The Morgan fingerprint density at radius 2 is 2.00 bits per heavy atom. The van der Waals surface area contributed by atoms with Crippen LogP contribution in [0.4, 0.5) is 26.0 Å². The number of anilines is 3. The van der Waals surface area contributed by atoms with Crippen molar-refractivity contribution in [3.8, 4) is 0 Å². The lowest BCUT2D eigenvalue weighted by atomic mass is 10.3. The molecule has 0 aliphatic heterocycles. The normalized spacial score (nSPS) is 10.1. The molecule has 1 aromatic carbocycles. The van der Waals surface area contributed by atoms with Crippen molar-refractivity contribution in [2.45, 2.75) is 0 Å². The highest BCUT2D eigenvalue weighted by molar-refractivity contribution is 5.61. The van der Waals surface area contributed by atoms with Crippen molar-refractivity contribution < 1.29 is 8.78 Å². The third-order valence-electron chi connectivity index (χ3n) is 1.96. The number of hydrogen-bond acceptors (Lipinski definition) is 3. The Labute approximate surface area is 90.9 Å². The molecule has 82 valence electrons. The number of nitrogen functional groups attached to an aromatic ring is 1. The van der Waals surface area contributed by atoms with Crippen LogP contribution in [0.15, 0.2) is 36.5 Å². The molecule has 0 atom stereocenters. The van der Waals surface area contributed by atoms with E-state index < -0.39 is 11.6 Å². The lowest BCUT2D eigenvalue weighted by Crippen LogP contribution is -1.98. The molecule has 2 rings (SSSR count). The van der Waals surface area contributed by atoms with Gasteiger partial charge in [0.05, 0.1) is 6.20 Å². The first-order valence-electron chi connectivity index (χ1n) is 4.59. The van der Waals surface area contributed by atoms with Gasteiger partial charge in [0, 0.05) is 17.4 Å². The zero-order valence-corrected chi connectivity index (χ0v) is 8.24. The molecule has 3 N–H and O–H groups in total. The van der Waals surface area contributed by atoms with Crippen LogP contribution in [0, 0.1) is 11.6 Å². The zero-order valence-electron chi connectivity index (χ0n) is 8.24. The van der Waals surface area contributed by atoms with Crippen LogP contribution >= 0.6 is 0 Å². The minimum absolute atomic E-state index is 0.0352. The summed E-state index contributed by atoms with van der Waals surface area (Å²) >= 11 is 0. The Morgan fingerprint density at radius 1 is 1.19 bits per heavy atom. The Hall–Kier alpha value is -2.17. The summed E-state index contributed by atoms with van der Waals surface area (Å²) in [5.41, 5.74) is 6.70. The van der Waals surface area contributed by atoms with Gasteiger partial charge in [0.1, 0.15) is 5.82 Å². The van der Waals surface area contributed by atoms with Crippen LogP contribution in [0.1, 0.15) is 0 Å².